The van der Waals surface area contributed by atoms with Crippen molar-refractivity contribution in [3.05, 3.63) is 52.3 Å². The smallest absolute Gasteiger partial charge is 0.213 e. The summed E-state index contributed by atoms with van der Waals surface area (Å²) in [6.07, 6.45) is 1.59. The van der Waals surface area contributed by atoms with E-state index in [2.05, 4.69) is 10.1 Å². The van der Waals surface area contributed by atoms with Crippen molar-refractivity contribution in [2.24, 2.45) is 0 Å². The molecule has 0 spiro atoms. The van der Waals surface area contributed by atoms with E-state index < -0.39 is 0 Å². The summed E-state index contributed by atoms with van der Waals surface area (Å²) in [6.45, 7) is 1.05. The Balaban J connectivity index is 1.63. The van der Waals surface area contributed by atoms with Crippen LogP contribution in [0.25, 0.3) is 4.96 Å². The molecule has 2 aromatic heterocycles. The minimum Gasteiger partial charge on any atom is -0.370 e. The lowest BCUT2D eigenvalue weighted by molar-refractivity contribution is 0.106. The molecule has 0 aliphatic heterocycles. The van der Waals surface area contributed by atoms with Gasteiger partial charge in [0.05, 0.1) is 12.8 Å². The number of rotatable bonds is 4. The number of nitrogens with zero attached hydrogens (tertiary/aromatic N) is 3. The Morgan fingerprint density at radius 2 is 2.06 bits per heavy atom. The Kier molecular flexibility index (Phi) is 3.27. The van der Waals surface area contributed by atoms with Gasteiger partial charge in [0.15, 0.2) is 5.15 Å². The van der Waals surface area contributed by atoms with Crippen LogP contribution in [-0.2, 0) is 18.0 Å². The van der Waals surface area contributed by atoms with Crippen molar-refractivity contribution in [2.45, 2.75) is 13.2 Å². The average Bonchev–Trinajstić information content (AvgIpc) is 2.94. The van der Waals surface area contributed by atoms with Gasteiger partial charge in [-0.3, -0.25) is 0 Å². The minimum atomic E-state index is 0.471. The number of imidazole rings is 1. The molecule has 0 bridgehead atoms. The van der Waals surface area contributed by atoms with Crippen molar-refractivity contribution in [3.63, 3.8) is 0 Å². The topological polar surface area (TPSA) is 39.4 Å². The maximum Gasteiger partial charge on any atom is 0.213 e. The van der Waals surface area contributed by atoms with Crippen LogP contribution in [0.1, 0.15) is 10.6 Å². The van der Waals surface area contributed by atoms with Crippen LogP contribution >= 0.6 is 22.9 Å². The molecule has 0 saturated heterocycles. The monoisotopic (exact) mass is 279 g/mol. The third-order valence-electron chi connectivity index (χ3n) is 2.42. The molecule has 0 unspecified atom stereocenters. The molecule has 0 amide bonds. The van der Waals surface area contributed by atoms with Crippen molar-refractivity contribution >= 4 is 27.9 Å². The SMILES string of the molecule is Clc1cnc2sc(COCc3ccccc3)nn12. The number of fused-ring (bicyclic) bond motifs is 1. The fourth-order valence-electron chi connectivity index (χ4n) is 1.60. The zero-order chi connectivity index (χ0) is 12.4. The summed E-state index contributed by atoms with van der Waals surface area (Å²) in [4.78, 5) is 4.93. The highest BCUT2D eigenvalue weighted by atomic mass is 35.5. The van der Waals surface area contributed by atoms with Crippen molar-refractivity contribution in [1.82, 2.24) is 14.6 Å². The molecule has 1 aromatic carbocycles. The Hall–Kier alpha value is -1.43. The van der Waals surface area contributed by atoms with Crippen LogP contribution in [0.4, 0.5) is 0 Å². The van der Waals surface area contributed by atoms with Gasteiger partial charge in [0, 0.05) is 0 Å². The highest BCUT2D eigenvalue weighted by Gasteiger charge is 2.08. The number of benzene rings is 1. The highest BCUT2D eigenvalue weighted by Crippen LogP contribution is 2.19. The van der Waals surface area contributed by atoms with E-state index in [9.17, 15) is 0 Å². The van der Waals surface area contributed by atoms with E-state index in [4.69, 9.17) is 16.3 Å². The van der Waals surface area contributed by atoms with E-state index >= 15 is 0 Å². The second-order valence-electron chi connectivity index (χ2n) is 3.75. The Morgan fingerprint density at radius 1 is 1.22 bits per heavy atom. The Labute approximate surface area is 113 Å². The average molecular weight is 280 g/mol. The minimum absolute atomic E-state index is 0.471. The van der Waals surface area contributed by atoms with Crippen LogP contribution in [-0.4, -0.2) is 14.6 Å². The number of aromatic nitrogens is 3. The summed E-state index contributed by atoms with van der Waals surface area (Å²) >= 11 is 7.40. The fraction of sp³-hybridized carbons (Fsp3) is 0.167. The van der Waals surface area contributed by atoms with Gasteiger partial charge in [-0.05, 0) is 5.56 Å². The molecule has 0 aliphatic rings. The molecule has 0 radical (unpaired) electrons. The summed E-state index contributed by atoms with van der Waals surface area (Å²) in [5.41, 5.74) is 1.15. The summed E-state index contributed by atoms with van der Waals surface area (Å²) in [7, 11) is 0. The Morgan fingerprint density at radius 3 is 2.83 bits per heavy atom. The second-order valence-corrected chi connectivity index (χ2v) is 5.18. The molecule has 0 atom stereocenters. The van der Waals surface area contributed by atoms with Crippen molar-refractivity contribution in [1.29, 1.82) is 0 Å². The van der Waals surface area contributed by atoms with Crippen LogP contribution in [0, 0.1) is 0 Å². The Bertz CT molecular complexity index is 650. The standard InChI is InChI=1S/C12H10ClN3OS/c13-10-6-14-12-16(10)15-11(18-12)8-17-7-9-4-2-1-3-5-9/h1-6H,7-8H2. The predicted molar refractivity (Wildman–Crippen MR) is 70.8 cm³/mol. The van der Waals surface area contributed by atoms with Gasteiger partial charge in [-0.2, -0.15) is 9.61 Å². The summed E-state index contributed by atoms with van der Waals surface area (Å²) in [5.74, 6) is 0. The van der Waals surface area contributed by atoms with E-state index in [1.807, 2.05) is 30.3 Å². The van der Waals surface area contributed by atoms with Crippen molar-refractivity contribution in [3.8, 4) is 0 Å². The van der Waals surface area contributed by atoms with Crippen LogP contribution < -0.4 is 0 Å². The van der Waals surface area contributed by atoms with Gasteiger partial charge < -0.3 is 4.74 Å². The summed E-state index contributed by atoms with van der Waals surface area (Å²) < 4.78 is 7.23. The van der Waals surface area contributed by atoms with Crippen LogP contribution in [0.5, 0.6) is 0 Å². The lowest BCUT2D eigenvalue weighted by Crippen LogP contribution is -1.94. The molecule has 0 fully saturated rings. The molecule has 0 aliphatic carbocycles. The van der Waals surface area contributed by atoms with Crippen LogP contribution in [0.2, 0.25) is 5.15 Å². The molecular formula is C12H10ClN3OS. The molecule has 3 rings (SSSR count). The lowest BCUT2D eigenvalue weighted by Gasteiger charge is -2.01. The second kappa shape index (κ2) is 5.06. The molecule has 0 saturated carbocycles. The van der Waals surface area contributed by atoms with Gasteiger partial charge in [0.2, 0.25) is 4.96 Å². The van der Waals surface area contributed by atoms with Gasteiger partial charge in [-0.15, -0.1) is 0 Å². The molecule has 92 valence electrons. The molecular weight excluding hydrogens is 270 g/mol. The zero-order valence-corrected chi connectivity index (χ0v) is 11.0. The van der Waals surface area contributed by atoms with Crippen LogP contribution in [0.15, 0.2) is 36.5 Å². The number of ether oxygens (including phenoxy) is 1. The third kappa shape index (κ3) is 2.38. The summed E-state index contributed by atoms with van der Waals surface area (Å²) in [6, 6.07) is 10.0. The lowest BCUT2D eigenvalue weighted by atomic mass is 10.2. The molecule has 6 heteroatoms. The normalized spacial score (nSPS) is 11.2. The van der Waals surface area contributed by atoms with E-state index in [1.54, 1.807) is 10.7 Å². The summed E-state index contributed by atoms with van der Waals surface area (Å²) in [5, 5.41) is 5.71. The first-order chi connectivity index (χ1) is 8.83. The number of hydrogen-bond acceptors (Lipinski definition) is 4. The van der Waals surface area contributed by atoms with E-state index in [0.29, 0.717) is 18.4 Å². The quantitative estimate of drug-likeness (QED) is 0.736. The molecule has 4 nitrogen and oxygen atoms in total. The molecule has 2 heterocycles. The van der Waals surface area contributed by atoms with Gasteiger partial charge in [0.1, 0.15) is 11.6 Å². The van der Waals surface area contributed by atoms with E-state index in [1.165, 1.54) is 11.3 Å². The highest BCUT2D eigenvalue weighted by molar-refractivity contribution is 7.16. The predicted octanol–water partition coefficient (Wildman–Crippen LogP) is 3.16. The molecule has 0 N–H and O–H groups in total. The first-order valence-electron chi connectivity index (χ1n) is 5.43. The fourth-order valence-corrected chi connectivity index (χ4v) is 2.62. The molecule has 3 aromatic rings. The van der Waals surface area contributed by atoms with Gasteiger partial charge >= 0.3 is 0 Å². The maximum atomic E-state index is 5.92. The number of halogens is 1. The van der Waals surface area contributed by atoms with Crippen molar-refractivity contribution in [2.75, 3.05) is 0 Å². The first kappa shape index (κ1) is 11.6. The van der Waals surface area contributed by atoms with Gasteiger partial charge in [-0.25, -0.2) is 4.98 Å². The van der Waals surface area contributed by atoms with E-state index in [0.717, 1.165) is 15.5 Å². The van der Waals surface area contributed by atoms with Gasteiger partial charge in [-0.1, -0.05) is 53.3 Å². The van der Waals surface area contributed by atoms with Crippen molar-refractivity contribution < 1.29 is 4.74 Å². The molecule has 18 heavy (non-hydrogen) atoms. The van der Waals surface area contributed by atoms with E-state index in [-0.39, 0.29) is 0 Å². The largest absolute Gasteiger partial charge is 0.370 e. The van der Waals surface area contributed by atoms with Gasteiger partial charge in [0.25, 0.3) is 0 Å². The number of hydrogen-bond donors (Lipinski definition) is 0. The maximum absolute atomic E-state index is 5.92. The first-order valence-corrected chi connectivity index (χ1v) is 6.63. The third-order valence-corrected chi connectivity index (χ3v) is 3.58. The zero-order valence-electron chi connectivity index (χ0n) is 9.41. The van der Waals surface area contributed by atoms with Crippen LogP contribution in [0.3, 0.4) is 0 Å².